The molecule has 0 amide bonds. The molecule has 0 saturated carbocycles. The molecule has 1 aromatic heterocycles. The van der Waals surface area contributed by atoms with Crippen molar-refractivity contribution in [3.05, 3.63) is 35.8 Å². The van der Waals surface area contributed by atoms with Crippen LogP contribution in [0.15, 0.2) is 24.3 Å². The lowest BCUT2D eigenvalue weighted by atomic mass is 10.2. The van der Waals surface area contributed by atoms with Gasteiger partial charge in [-0.3, -0.25) is 4.98 Å². The van der Waals surface area contributed by atoms with Crippen LogP contribution in [0.5, 0.6) is 5.75 Å². The van der Waals surface area contributed by atoms with E-state index in [0.29, 0.717) is 18.7 Å². The fraction of sp³-hybridized carbons (Fsp3) is 0.308. The Balaban J connectivity index is 2.31. The second-order valence-electron chi connectivity index (χ2n) is 3.77. The summed E-state index contributed by atoms with van der Waals surface area (Å²) in [5.41, 5.74) is 1.51. The van der Waals surface area contributed by atoms with Crippen LogP contribution < -0.4 is 4.74 Å². The van der Waals surface area contributed by atoms with Gasteiger partial charge in [-0.25, -0.2) is 4.39 Å². The predicted molar refractivity (Wildman–Crippen MR) is 63.8 cm³/mol. The highest BCUT2D eigenvalue weighted by Crippen LogP contribution is 2.23. The number of pyridine rings is 1. The summed E-state index contributed by atoms with van der Waals surface area (Å²) >= 11 is 0. The fourth-order valence-electron chi connectivity index (χ4n) is 1.57. The molecule has 1 heterocycles. The van der Waals surface area contributed by atoms with E-state index in [4.69, 9.17) is 9.47 Å². The van der Waals surface area contributed by atoms with Gasteiger partial charge in [-0.2, -0.15) is 0 Å². The van der Waals surface area contributed by atoms with Crippen LogP contribution in [0.2, 0.25) is 0 Å². The molecule has 1 aromatic carbocycles. The van der Waals surface area contributed by atoms with E-state index in [0.717, 1.165) is 11.1 Å². The molecule has 0 fully saturated rings. The summed E-state index contributed by atoms with van der Waals surface area (Å²) in [4.78, 5) is 4.25. The molecule has 2 aromatic rings. The third-order valence-corrected chi connectivity index (χ3v) is 2.43. The van der Waals surface area contributed by atoms with E-state index < -0.39 is 5.82 Å². The molecule has 0 spiro atoms. The first kappa shape index (κ1) is 11.8. The number of aryl methyl sites for hydroxylation is 1. The highest BCUT2D eigenvalue weighted by atomic mass is 19.1. The number of methoxy groups -OCH3 is 1. The molecule has 2 rings (SSSR count). The number of rotatable bonds is 4. The maximum Gasteiger partial charge on any atom is 0.167 e. The van der Waals surface area contributed by atoms with E-state index in [1.165, 1.54) is 6.07 Å². The number of halogens is 1. The molecule has 0 aliphatic rings. The standard InChI is InChI=1S/C13H14FNO2/c1-9-3-4-10-7-13(17-6-5-16-2)11(14)8-12(10)15-9/h3-4,7-8H,5-6H2,1-2H3. The normalized spacial score (nSPS) is 10.8. The van der Waals surface area contributed by atoms with Crippen molar-refractivity contribution in [2.45, 2.75) is 6.92 Å². The zero-order valence-corrected chi connectivity index (χ0v) is 9.87. The van der Waals surface area contributed by atoms with Crippen LogP contribution in [0.4, 0.5) is 4.39 Å². The Kier molecular flexibility index (Phi) is 3.54. The minimum Gasteiger partial charge on any atom is -0.488 e. The van der Waals surface area contributed by atoms with Crippen molar-refractivity contribution in [3.8, 4) is 5.75 Å². The van der Waals surface area contributed by atoms with Crippen LogP contribution in [0.1, 0.15) is 5.69 Å². The van der Waals surface area contributed by atoms with E-state index in [-0.39, 0.29) is 5.75 Å². The van der Waals surface area contributed by atoms with Gasteiger partial charge in [-0.05, 0) is 19.1 Å². The fourth-order valence-corrected chi connectivity index (χ4v) is 1.57. The smallest absolute Gasteiger partial charge is 0.167 e. The Labute approximate surface area is 99.2 Å². The average Bonchev–Trinajstić information content (AvgIpc) is 2.30. The van der Waals surface area contributed by atoms with Gasteiger partial charge in [0.2, 0.25) is 0 Å². The van der Waals surface area contributed by atoms with Gasteiger partial charge < -0.3 is 9.47 Å². The summed E-state index contributed by atoms with van der Waals surface area (Å²) in [7, 11) is 1.58. The second kappa shape index (κ2) is 5.10. The van der Waals surface area contributed by atoms with Gasteiger partial charge in [0.25, 0.3) is 0 Å². The number of nitrogens with zero attached hydrogens (tertiary/aromatic N) is 1. The van der Waals surface area contributed by atoms with E-state index in [1.54, 1.807) is 13.2 Å². The van der Waals surface area contributed by atoms with Crippen molar-refractivity contribution >= 4 is 10.9 Å². The number of hydrogen-bond donors (Lipinski definition) is 0. The minimum atomic E-state index is -0.397. The lowest BCUT2D eigenvalue weighted by Crippen LogP contribution is -2.05. The Bertz CT molecular complexity index is 528. The lowest BCUT2D eigenvalue weighted by Gasteiger charge is -2.08. The van der Waals surface area contributed by atoms with Crippen LogP contribution in [0.3, 0.4) is 0 Å². The van der Waals surface area contributed by atoms with Crippen LogP contribution in [-0.4, -0.2) is 25.3 Å². The third-order valence-electron chi connectivity index (χ3n) is 2.43. The monoisotopic (exact) mass is 235 g/mol. The summed E-state index contributed by atoms with van der Waals surface area (Å²) in [6.45, 7) is 2.64. The van der Waals surface area contributed by atoms with Gasteiger partial charge in [-0.1, -0.05) is 6.07 Å². The van der Waals surface area contributed by atoms with Gasteiger partial charge in [0.15, 0.2) is 11.6 Å². The zero-order chi connectivity index (χ0) is 12.3. The van der Waals surface area contributed by atoms with Crippen LogP contribution >= 0.6 is 0 Å². The molecule has 0 N–H and O–H groups in total. The van der Waals surface area contributed by atoms with E-state index >= 15 is 0 Å². The van der Waals surface area contributed by atoms with E-state index in [9.17, 15) is 4.39 Å². The predicted octanol–water partition coefficient (Wildman–Crippen LogP) is 2.71. The summed E-state index contributed by atoms with van der Waals surface area (Å²) in [6, 6.07) is 6.84. The maximum absolute atomic E-state index is 13.7. The summed E-state index contributed by atoms with van der Waals surface area (Å²) in [6.07, 6.45) is 0. The van der Waals surface area contributed by atoms with Crippen molar-refractivity contribution in [2.75, 3.05) is 20.3 Å². The van der Waals surface area contributed by atoms with Gasteiger partial charge in [0.1, 0.15) is 6.61 Å². The first-order valence-electron chi connectivity index (χ1n) is 5.39. The molecule has 90 valence electrons. The number of ether oxygens (including phenoxy) is 2. The highest BCUT2D eigenvalue weighted by molar-refractivity contribution is 5.80. The topological polar surface area (TPSA) is 31.4 Å². The Morgan fingerprint density at radius 2 is 2.06 bits per heavy atom. The molecule has 4 heteroatoms. The summed E-state index contributed by atoms with van der Waals surface area (Å²) in [5.74, 6) is -0.160. The van der Waals surface area contributed by atoms with E-state index in [2.05, 4.69) is 4.98 Å². The quantitative estimate of drug-likeness (QED) is 0.763. The lowest BCUT2D eigenvalue weighted by molar-refractivity contribution is 0.144. The zero-order valence-electron chi connectivity index (χ0n) is 9.87. The number of benzene rings is 1. The van der Waals surface area contributed by atoms with Gasteiger partial charge in [0, 0.05) is 24.3 Å². The third kappa shape index (κ3) is 2.71. The van der Waals surface area contributed by atoms with Gasteiger partial charge in [0.05, 0.1) is 12.1 Å². The van der Waals surface area contributed by atoms with Crippen LogP contribution in [0, 0.1) is 12.7 Å². The summed E-state index contributed by atoms with van der Waals surface area (Å²) in [5, 5.41) is 0.865. The molecular weight excluding hydrogens is 221 g/mol. The van der Waals surface area contributed by atoms with Crippen molar-refractivity contribution in [1.29, 1.82) is 0 Å². The van der Waals surface area contributed by atoms with Crippen molar-refractivity contribution in [3.63, 3.8) is 0 Å². The van der Waals surface area contributed by atoms with Crippen molar-refractivity contribution < 1.29 is 13.9 Å². The highest BCUT2D eigenvalue weighted by Gasteiger charge is 2.06. The SMILES string of the molecule is COCCOc1cc2ccc(C)nc2cc1F. The molecule has 3 nitrogen and oxygen atoms in total. The van der Waals surface area contributed by atoms with Gasteiger partial charge >= 0.3 is 0 Å². The molecule has 0 unspecified atom stereocenters. The Hall–Kier alpha value is -1.68. The first-order chi connectivity index (χ1) is 8.20. The van der Waals surface area contributed by atoms with Gasteiger partial charge in [-0.15, -0.1) is 0 Å². The molecule has 17 heavy (non-hydrogen) atoms. The number of fused-ring (bicyclic) bond motifs is 1. The van der Waals surface area contributed by atoms with Crippen molar-refractivity contribution in [1.82, 2.24) is 4.98 Å². The molecular formula is C13H14FNO2. The average molecular weight is 235 g/mol. The first-order valence-corrected chi connectivity index (χ1v) is 5.39. The number of aromatic nitrogens is 1. The number of hydrogen-bond acceptors (Lipinski definition) is 3. The maximum atomic E-state index is 13.7. The van der Waals surface area contributed by atoms with Crippen molar-refractivity contribution in [2.24, 2.45) is 0 Å². The van der Waals surface area contributed by atoms with Crippen LogP contribution in [0.25, 0.3) is 10.9 Å². The Morgan fingerprint density at radius 3 is 2.82 bits per heavy atom. The largest absolute Gasteiger partial charge is 0.488 e. The molecule has 0 aliphatic heterocycles. The molecule has 0 saturated heterocycles. The molecule has 0 aliphatic carbocycles. The molecule has 0 radical (unpaired) electrons. The molecule has 0 atom stereocenters. The minimum absolute atomic E-state index is 0.236. The van der Waals surface area contributed by atoms with Crippen LogP contribution in [-0.2, 0) is 4.74 Å². The Morgan fingerprint density at radius 1 is 1.24 bits per heavy atom. The summed E-state index contributed by atoms with van der Waals surface area (Å²) < 4.78 is 23.8. The second-order valence-corrected chi connectivity index (χ2v) is 3.77. The van der Waals surface area contributed by atoms with E-state index in [1.807, 2.05) is 19.1 Å². The molecule has 0 bridgehead atoms.